The number of oxazole rings is 1. The Morgan fingerprint density at radius 2 is 2.23 bits per heavy atom. The van der Waals surface area contributed by atoms with Crippen LogP contribution in [-0.4, -0.2) is 24.7 Å². The van der Waals surface area contributed by atoms with Crippen molar-refractivity contribution in [3.8, 4) is 5.75 Å². The van der Waals surface area contributed by atoms with Gasteiger partial charge in [-0.1, -0.05) is 25.1 Å². The first kappa shape index (κ1) is 20.7. The van der Waals surface area contributed by atoms with E-state index in [4.69, 9.17) is 13.9 Å². The van der Waals surface area contributed by atoms with Gasteiger partial charge in [-0.25, -0.2) is 4.98 Å². The molecule has 2 aliphatic carbocycles. The van der Waals surface area contributed by atoms with E-state index in [2.05, 4.69) is 36.2 Å². The molecule has 160 valence electrons. The molecule has 0 amide bonds. The number of carbonyl (C=O) groups is 1. The summed E-state index contributed by atoms with van der Waals surface area (Å²) in [6, 6.07) is 6.26. The van der Waals surface area contributed by atoms with Crippen LogP contribution in [0.25, 0.3) is 0 Å². The number of hydrogen-bond acceptors (Lipinski definition) is 5. The Labute approximate surface area is 178 Å². The van der Waals surface area contributed by atoms with Crippen LogP contribution in [0.4, 0.5) is 0 Å². The summed E-state index contributed by atoms with van der Waals surface area (Å²) >= 11 is 0. The Hall–Kier alpha value is -2.56. The second kappa shape index (κ2) is 9.50. The van der Waals surface area contributed by atoms with Crippen LogP contribution in [0.1, 0.15) is 73.6 Å². The Bertz CT molecular complexity index is 900. The molecule has 0 radical (unpaired) electrons. The molecule has 4 rings (SSSR count). The molecule has 30 heavy (non-hydrogen) atoms. The molecule has 0 saturated heterocycles. The average molecular weight is 410 g/mol. The summed E-state index contributed by atoms with van der Waals surface area (Å²) in [5, 5.41) is 0. The third kappa shape index (κ3) is 4.45. The highest BCUT2D eigenvalue weighted by Gasteiger charge is 2.34. The Morgan fingerprint density at radius 1 is 1.33 bits per heavy atom. The molecule has 3 atom stereocenters. The number of ether oxygens (including phenoxy) is 2. The van der Waals surface area contributed by atoms with Crippen LogP contribution in [0.5, 0.6) is 5.75 Å². The maximum Gasteiger partial charge on any atom is 0.309 e. The van der Waals surface area contributed by atoms with E-state index in [1.165, 1.54) is 24.7 Å². The Morgan fingerprint density at radius 3 is 3.00 bits per heavy atom. The SMILES string of the molecule is CCC(C(=O)OC)C1CCc2cc(OCCc3coc(C4C=CCCC4)n3)ccc21. The summed E-state index contributed by atoms with van der Waals surface area (Å²) in [7, 11) is 1.47. The largest absolute Gasteiger partial charge is 0.493 e. The van der Waals surface area contributed by atoms with Crippen LogP contribution in [0, 0.1) is 5.92 Å². The molecule has 3 unspecified atom stereocenters. The number of carbonyl (C=O) groups excluding carboxylic acids is 1. The number of fused-ring (bicyclic) bond motifs is 1. The van der Waals surface area contributed by atoms with E-state index in [1.54, 1.807) is 6.26 Å². The zero-order valence-corrected chi connectivity index (χ0v) is 17.9. The minimum atomic E-state index is -0.105. The Balaban J connectivity index is 1.33. The predicted molar refractivity (Wildman–Crippen MR) is 115 cm³/mol. The van der Waals surface area contributed by atoms with Crippen molar-refractivity contribution in [1.29, 1.82) is 0 Å². The maximum atomic E-state index is 12.1. The van der Waals surface area contributed by atoms with Gasteiger partial charge >= 0.3 is 5.97 Å². The third-order valence-corrected chi connectivity index (χ3v) is 6.44. The van der Waals surface area contributed by atoms with Crippen molar-refractivity contribution in [1.82, 2.24) is 4.98 Å². The number of allylic oxidation sites excluding steroid dienone is 2. The van der Waals surface area contributed by atoms with Crippen LogP contribution >= 0.6 is 0 Å². The first-order valence-corrected chi connectivity index (χ1v) is 11.1. The summed E-state index contributed by atoms with van der Waals surface area (Å²) in [6.45, 7) is 2.62. The van der Waals surface area contributed by atoms with Crippen LogP contribution < -0.4 is 4.74 Å². The number of benzene rings is 1. The lowest BCUT2D eigenvalue weighted by molar-refractivity contribution is -0.146. The number of nitrogens with zero attached hydrogens (tertiary/aromatic N) is 1. The van der Waals surface area contributed by atoms with Crippen molar-refractivity contribution >= 4 is 5.97 Å². The molecule has 0 saturated carbocycles. The van der Waals surface area contributed by atoms with E-state index >= 15 is 0 Å². The fourth-order valence-corrected chi connectivity index (χ4v) is 4.80. The zero-order valence-electron chi connectivity index (χ0n) is 17.9. The van der Waals surface area contributed by atoms with Crippen molar-refractivity contribution in [2.45, 2.75) is 63.7 Å². The summed E-state index contributed by atoms with van der Waals surface area (Å²) in [6.07, 6.45) is 13.1. The van der Waals surface area contributed by atoms with Crippen molar-refractivity contribution in [3.05, 3.63) is 59.3 Å². The standard InChI is InChI=1S/C25H31NO4/c1-3-21(25(27)28-2)23-11-9-18-15-20(10-12-22(18)23)29-14-13-19-16-30-24(26-19)17-7-5-4-6-8-17/h5,7,10,12,15-17,21,23H,3-4,6,8-9,11,13-14H2,1-2H3. The van der Waals surface area contributed by atoms with E-state index in [-0.39, 0.29) is 17.8 Å². The van der Waals surface area contributed by atoms with Gasteiger partial charge in [-0.3, -0.25) is 4.79 Å². The fraction of sp³-hybridized carbons (Fsp3) is 0.520. The lowest BCUT2D eigenvalue weighted by Crippen LogP contribution is -2.21. The van der Waals surface area contributed by atoms with Crippen molar-refractivity contribution in [2.75, 3.05) is 13.7 Å². The molecule has 0 spiro atoms. The smallest absolute Gasteiger partial charge is 0.309 e. The average Bonchev–Trinajstić information content (AvgIpc) is 3.42. The van der Waals surface area contributed by atoms with Gasteiger partial charge < -0.3 is 13.9 Å². The van der Waals surface area contributed by atoms with Gasteiger partial charge in [-0.15, -0.1) is 0 Å². The molecule has 5 nitrogen and oxygen atoms in total. The number of aromatic nitrogens is 1. The summed E-state index contributed by atoms with van der Waals surface area (Å²) in [4.78, 5) is 16.8. The van der Waals surface area contributed by atoms with Gasteiger partial charge in [-0.05, 0) is 67.7 Å². The van der Waals surface area contributed by atoms with Crippen LogP contribution in [0.2, 0.25) is 0 Å². The van der Waals surface area contributed by atoms with Gasteiger partial charge in [0.2, 0.25) is 5.89 Å². The van der Waals surface area contributed by atoms with Crippen molar-refractivity contribution < 1.29 is 18.7 Å². The van der Waals surface area contributed by atoms with Gasteiger partial charge in [0.05, 0.1) is 31.2 Å². The zero-order chi connectivity index (χ0) is 20.9. The molecule has 0 aliphatic heterocycles. The van der Waals surface area contributed by atoms with Crippen molar-refractivity contribution in [3.63, 3.8) is 0 Å². The highest BCUT2D eigenvalue weighted by Crippen LogP contribution is 2.41. The van der Waals surface area contributed by atoms with E-state index in [9.17, 15) is 4.79 Å². The van der Waals surface area contributed by atoms with Gasteiger partial charge in [0.15, 0.2) is 0 Å². The van der Waals surface area contributed by atoms with Gasteiger partial charge in [0.25, 0.3) is 0 Å². The van der Waals surface area contributed by atoms with Gasteiger partial charge in [-0.2, -0.15) is 0 Å². The molecular weight excluding hydrogens is 378 g/mol. The van der Waals surface area contributed by atoms with E-state index in [0.29, 0.717) is 12.5 Å². The maximum absolute atomic E-state index is 12.1. The van der Waals surface area contributed by atoms with E-state index < -0.39 is 0 Å². The number of aryl methyl sites for hydroxylation is 1. The highest BCUT2D eigenvalue weighted by atomic mass is 16.5. The van der Waals surface area contributed by atoms with Gasteiger partial charge in [0, 0.05) is 6.42 Å². The molecule has 5 heteroatoms. The molecule has 1 aromatic heterocycles. The Kier molecular flexibility index (Phi) is 6.56. The second-order valence-electron chi connectivity index (χ2n) is 8.28. The lowest BCUT2D eigenvalue weighted by atomic mass is 9.85. The third-order valence-electron chi connectivity index (χ3n) is 6.44. The number of esters is 1. The molecule has 2 aromatic rings. The van der Waals surface area contributed by atoms with E-state index in [1.807, 2.05) is 6.07 Å². The fourth-order valence-electron chi connectivity index (χ4n) is 4.80. The van der Waals surface area contributed by atoms with E-state index in [0.717, 1.165) is 55.9 Å². The highest BCUT2D eigenvalue weighted by molar-refractivity contribution is 5.74. The molecule has 0 bridgehead atoms. The summed E-state index contributed by atoms with van der Waals surface area (Å²) in [5.74, 6) is 2.08. The van der Waals surface area contributed by atoms with Crippen molar-refractivity contribution in [2.24, 2.45) is 5.92 Å². The molecule has 0 N–H and O–H groups in total. The number of rotatable bonds is 8. The molecule has 2 aliphatic rings. The topological polar surface area (TPSA) is 61.6 Å². The molecular formula is C25H31NO4. The quantitative estimate of drug-likeness (QED) is 0.434. The lowest BCUT2D eigenvalue weighted by Gasteiger charge is -2.20. The molecule has 1 aromatic carbocycles. The monoisotopic (exact) mass is 409 g/mol. The molecule has 1 heterocycles. The second-order valence-corrected chi connectivity index (χ2v) is 8.28. The minimum Gasteiger partial charge on any atom is -0.493 e. The normalized spacial score (nSPS) is 21.3. The van der Waals surface area contributed by atoms with Crippen LogP contribution in [0.3, 0.4) is 0 Å². The predicted octanol–water partition coefficient (Wildman–Crippen LogP) is 5.35. The minimum absolute atomic E-state index is 0.0663. The number of methoxy groups -OCH3 is 1. The van der Waals surface area contributed by atoms with Crippen LogP contribution in [0.15, 0.2) is 41.0 Å². The summed E-state index contributed by atoms with van der Waals surface area (Å²) < 4.78 is 16.7. The summed E-state index contributed by atoms with van der Waals surface area (Å²) in [5.41, 5.74) is 3.49. The van der Waals surface area contributed by atoms with Crippen LogP contribution in [-0.2, 0) is 22.4 Å². The number of hydrogen-bond donors (Lipinski definition) is 0. The first-order chi connectivity index (χ1) is 14.7. The van der Waals surface area contributed by atoms with Gasteiger partial charge in [0.1, 0.15) is 12.0 Å². The molecule has 0 fully saturated rings. The first-order valence-electron chi connectivity index (χ1n) is 11.1.